The summed E-state index contributed by atoms with van der Waals surface area (Å²) in [4.78, 5) is 18.0. The van der Waals surface area contributed by atoms with Gasteiger partial charge in [-0.25, -0.2) is 0 Å². The summed E-state index contributed by atoms with van der Waals surface area (Å²) in [5.41, 5.74) is -0.135. The maximum atomic E-state index is 12.8. The number of benzene rings is 1. The summed E-state index contributed by atoms with van der Waals surface area (Å²) in [7, 11) is 1.63. The van der Waals surface area contributed by atoms with Crippen LogP contribution in [0.1, 0.15) is 30.9 Å². The number of carbonyl (C=O) groups is 1. The molecular formula is C18H24F3N3O2. The Morgan fingerprint density at radius 2 is 2.04 bits per heavy atom. The summed E-state index contributed by atoms with van der Waals surface area (Å²) in [6.07, 6.45) is -3.02. The standard InChI is InChI=1S/C18H24F3N3O2/c1-3-26-16(25)14-7-9-24(10-8-14)17(22-2)23-12-13-5-4-6-15(11-13)18(19,20)21/h4-6,11,14H,3,7-10,12H2,1-2H3,(H,22,23). The Morgan fingerprint density at radius 3 is 2.62 bits per heavy atom. The number of piperidine rings is 1. The van der Waals surface area contributed by atoms with Crippen LogP contribution in [0.5, 0.6) is 0 Å². The molecule has 2 rings (SSSR count). The molecule has 0 aromatic heterocycles. The van der Waals surface area contributed by atoms with Crippen molar-refractivity contribution < 1.29 is 22.7 Å². The first-order valence-corrected chi connectivity index (χ1v) is 8.63. The minimum atomic E-state index is -4.35. The van der Waals surface area contributed by atoms with Crippen LogP contribution in [0.25, 0.3) is 0 Å². The summed E-state index contributed by atoms with van der Waals surface area (Å²) in [6, 6.07) is 5.22. The highest BCUT2D eigenvalue weighted by Crippen LogP contribution is 2.29. The minimum absolute atomic E-state index is 0.104. The zero-order chi connectivity index (χ0) is 19.2. The second kappa shape index (κ2) is 8.91. The molecule has 1 saturated heterocycles. The van der Waals surface area contributed by atoms with Gasteiger partial charge in [0, 0.05) is 26.7 Å². The second-order valence-corrected chi connectivity index (χ2v) is 6.11. The summed E-state index contributed by atoms with van der Waals surface area (Å²) in [5.74, 6) is 0.344. The Morgan fingerprint density at radius 1 is 1.35 bits per heavy atom. The van der Waals surface area contributed by atoms with Crippen molar-refractivity contribution in [3.63, 3.8) is 0 Å². The van der Waals surface area contributed by atoms with Crippen LogP contribution in [0.2, 0.25) is 0 Å². The average Bonchev–Trinajstić information content (AvgIpc) is 2.62. The van der Waals surface area contributed by atoms with Crippen LogP contribution in [0, 0.1) is 5.92 Å². The van der Waals surface area contributed by atoms with E-state index in [0.29, 0.717) is 44.1 Å². The van der Waals surface area contributed by atoms with E-state index in [2.05, 4.69) is 10.3 Å². The normalized spacial score (nSPS) is 16.5. The molecule has 1 aliphatic rings. The number of aliphatic imine (C=N–C) groups is 1. The Labute approximate surface area is 151 Å². The van der Waals surface area contributed by atoms with Crippen molar-refractivity contribution in [2.45, 2.75) is 32.5 Å². The van der Waals surface area contributed by atoms with Crippen LogP contribution in [-0.4, -0.2) is 43.6 Å². The van der Waals surface area contributed by atoms with Gasteiger partial charge in [0.05, 0.1) is 18.1 Å². The number of hydrogen-bond acceptors (Lipinski definition) is 3. The zero-order valence-corrected chi connectivity index (χ0v) is 15.0. The van der Waals surface area contributed by atoms with Crippen molar-refractivity contribution in [1.82, 2.24) is 10.2 Å². The molecule has 0 unspecified atom stereocenters. The number of hydrogen-bond donors (Lipinski definition) is 1. The van der Waals surface area contributed by atoms with Crippen molar-refractivity contribution in [1.29, 1.82) is 0 Å². The molecule has 26 heavy (non-hydrogen) atoms. The first-order chi connectivity index (χ1) is 12.3. The van der Waals surface area contributed by atoms with E-state index < -0.39 is 11.7 Å². The molecule has 5 nitrogen and oxygen atoms in total. The van der Waals surface area contributed by atoms with Gasteiger partial charge in [-0.15, -0.1) is 0 Å². The quantitative estimate of drug-likeness (QED) is 0.502. The number of carbonyl (C=O) groups excluding carboxylic acids is 1. The van der Waals surface area contributed by atoms with E-state index in [1.807, 2.05) is 4.90 Å². The highest BCUT2D eigenvalue weighted by Gasteiger charge is 2.30. The highest BCUT2D eigenvalue weighted by atomic mass is 19.4. The predicted octanol–water partition coefficient (Wildman–Crippen LogP) is 3.06. The van der Waals surface area contributed by atoms with Crippen LogP contribution < -0.4 is 5.32 Å². The number of guanidine groups is 1. The van der Waals surface area contributed by atoms with Crippen LogP contribution in [-0.2, 0) is 22.3 Å². The van der Waals surface area contributed by atoms with Crippen LogP contribution >= 0.6 is 0 Å². The second-order valence-electron chi connectivity index (χ2n) is 6.11. The molecule has 1 aromatic carbocycles. The summed E-state index contributed by atoms with van der Waals surface area (Å²) >= 11 is 0. The van der Waals surface area contributed by atoms with Crippen LogP contribution in [0.3, 0.4) is 0 Å². The van der Waals surface area contributed by atoms with Gasteiger partial charge in [0.15, 0.2) is 5.96 Å². The number of likely N-dealkylation sites (tertiary alicyclic amines) is 1. The Kier molecular flexibility index (Phi) is 6.88. The van der Waals surface area contributed by atoms with Gasteiger partial charge in [0.25, 0.3) is 0 Å². The number of esters is 1. The number of ether oxygens (including phenoxy) is 1. The van der Waals surface area contributed by atoms with E-state index in [1.165, 1.54) is 6.07 Å². The molecule has 1 heterocycles. The molecule has 8 heteroatoms. The lowest BCUT2D eigenvalue weighted by molar-refractivity contribution is -0.149. The molecule has 1 fully saturated rings. The first kappa shape index (κ1) is 20.1. The highest BCUT2D eigenvalue weighted by molar-refractivity contribution is 5.80. The fourth-order valence-electron chi connectivity index (χ4n) is 2.96. The molecule has 0 spiro atoms. The number of alkyl halides is 3. The third kappa shape index (κ3) is 5.37. The number of nitrogens with one attached hydrogen (secondary N) is 1. The van der Waals surface area contributed by atoms with Gasteiger partial charge in [-0.3, -0.25) is 9.79 Å². The maximum absolute atomic E-state index is 12.8. The summed E-state index contributed by atoms with van der Waals surface area (Å²) in [6.45, 7) is 3.69. The van der Waals surface area contributed by atoms with Gasteiger partial charge in [0.2, 0.25) is 0 Å². The molecule has 0 amide bonds. The van der Waals surface area contributed by atoms with Gasteiger partial charge in [-0.05, 0) is 37.5 Å². The van der Waals surface area contributed by atoms with E-state index in [-0.39, 0.29) is 18.4 Å². The average molecular weight is 371 g/mol. The number of rotatable bonds is 4. The van der Waals surface area contributed by atoms with Gasteiger partial charge in [-0.1, -0.05) is 12.1 Å². The van der Waals surface area contributed by atoms with Crippen molar-refractivity contribution in [2.75, 3.05) is 26.7 Å². The van der Waals surface area contributed by atoms with Crippen molar-refractivity contribution >= 4 is 11.9 Å². The lowest BCUT2D eigenvalue weighted by Gasteiger charge is -2.33. The van der Waals surface area contributed by atoms with Gasteiger partial charge in [-0.2, -0.15) is 13.2 Å². The van der Waals surface area contributed by atoms with E-state index in [4.69, 9.17) is 4.74 Å². The summed E-state index contributed by atoms with van der Waals surface area (Å²) in [5, 5.41) is 3.10. The molecule has 144 valence electrons. The van der Waals surface area contributed by atoms with Crippen LogP contribution in [0.4, 0.5) is 13.2 Å². The van der Waals surface area contributed by atoms with E-state index in [1.54, 1.807) is 20.0 Å². The van der Waals surface area contributed by atoms with Gasteiger partial charge >= 0.3 is 12.1 Å². The predicted molar refractivity (Wildman–Crippen MR) is 92.6 cm³/mol. The smallest absolute Gasteiger partial charge is 0.416 e. The summed E-state index contributed by atoms with van der Waals surface area (Å²) < 4.78 is 43.4. The molecule has 0 aliphatic carbocycles. The Hall–Kier alpha value is -2.25. The molecule has 1 aliphatic heterocycles. The Bertz CT molecular complexity index is 639. The van der Waals surface area contributed by atoms with Crippen molar-refractivity contribution in [2.24, 2.45) is 10.9 Å². The van der Waals surface area contributed by atoms with Crippen molar-refractivity contribution in [3.05, 3.63) is 35.4 Å². The zero-order valence-electron chi connectivity index (χ0n) is 15.0. The first-order valence-electron chi connectivity index (χ1n) is 8.63. The van der Waals surface area contributed by atoms with E-state index >= 15 is 0 Å². The molecular weight excluding hydrogens is 347 g/mol. The molecule has 1 N–H and O–H groups in total. The topological polar surface area (TPSA) is 53.9 Å². The lowest BCUT2D eigenvalue weighted by Crippen LogP contribution is -2.46. The van der Waals surface area contributed by atoms with Crippen LogP contribution in [0.15, 0.2) is 29.3 Å². The molecule has 0 radical (unpaired) electrons. The molecule has 0 atom stereocenters. The Balaban J connectivity index is 1.90. The monoisotopic (exact) mass is 371 g/mol. The number of nitrogens with zero attached hydrogens (tertiary/aromatic N) is 2. The number of halogens is 3. The fourth-order valence-corrected chi connectivity index (χ4v) is 2.96. The van der Waals surface area contributed by atoms with Gasteiger partial charge in [0.1, 0.15) is 0 Å². The third-order valence-corrected chi connectivity index (χ3v) is 4.33. The molecule has 0 saturated carbocycles. The largest absolute Gasteiger partial charge is 0.466 e. The minimum Gasteiger partial charge on any atom is -0.466 e. The van der Waals surface area contributed by atoms with E-state index in [0.717, 1.165) is 12.1 Å². The fraction of sp³-hybridized carbons (Fsp3) is 0.556. The van der Waals surface area contributed by atoms with Gasteiger partial charge < -0.3 is 15.0 Å². The third-order valence-electron chi connectivity index (χ3n) is 4.33. The molecule has 1 aromatic rings. The molecule has 0 bridgehead atoms. The maximum Gasteiger partial charge on any atom is 0.416 e. The lowest BCUT2D eigenvalue weighted by atomic mass is 9.97. The van der Waals surface area contributed by atoms with Crippen molar-refractivity contribution in [3.8, 4) is 0 Å². The SMILES string of the molecule is CCOC(=O)C1CCN(C(=NC)NCc2cccc(C(F)(F)F)c2)CC1. The van der Waals surface area contributed by atoms with E-state index in [9.17, 15) is 18.0 Å².